The van der Waals surface area contributed by atoms with E-state index in [1.165, 1.54) is 0 Å². The lowest BCUT2D eigenvalue weighted by Crippen LogP contribution is -2.47. The van der Waals surface area contributed by atoms with Crippen molar-refractivity contribution in [2.75, 3.05) is 6.54 Å². The Morgan fingerprint density at radius 3 is 2.56 bits per heavy atom. The van der Waals surface area contributed by atoms with Crippen LogP contribution in [0.4, 0.5) is 0 Å². The number of hydrogen-bond donors (Lipinski definition) is 2. The van der Waals surface area contributed by atoms with Crippen LogP contribution in [0.25, 0.3) is 0 Å². The van der Waals surface area contributed by atoms with Crippen molar-refractivity contribution in [2.24, 2.45) is 4.99 Å². The van der Waals surface area contributed by atoms with Gasteiger partial charge in [-0.15, -0.1) is 0 Å². The molecule has 0 bridgehead atoms. The molecule has 0 aliphatic heterocycles. The maximum Gasteiger partial charge on any atom is 0.218 e. The average Bonchev–Trinajstić information content (AvgIpc) is 2.58. The van der Waals surface area contributed by atoms with Crippen molar-refractivity contribution in [3.8, 4) is 5.88 Å². The summed E-state index contributed by atoms with van der Waals surface area (Å²) in [5.74, 6) is 1.41. The molecule has 5 nitrogen and oxygen atoms in total. The van der Waals surface area contributed by atoms with E-state index in [-0.39, 0.29) is 5.54 Å². The van der Waals surface area contributed by atoms with E-state index in [1.54, 1.807) is 6.20 Å². The standard InChI is InChI=1S/C20H28N4O/c1-5-21-19(24-20(2,3)4)23-14-17-12-9-13-22-18(17)25-15-16-10-7-6-8-11-16/h6-13H,5,14-15H2,1-4H3,(H2,21,23,24). The molecule has 2 N–H and O–H groups in total. The number of benzene rings is 1. The van der Waals surface area contributed by atoms with Crippen molar-refractivity contribution in [3.63, 3.8) is 0 Å². The van der Waals surface area contributed by atoms with E-state index < -0.39 is 0 Å². The molecule has 1 heterocycles. The smallest absolute Gasteiger partial charge is 0.218 e. The highest BCUT2D eigenvalue weighted by Crippen LogP contribution is 2.17. The first-order chi connectivity index (χ1) is 12.0. The second-order valence-corrected chi connectivity index (χ2v) is 6.81. The van der Waals surface area contributed by atoms with Crippen molar-refractivity contribution < 1.29 is 4.74 Å². The Balaban J connectivity index is 2.07. The molecule has 0 unspecified atom stereocenters. The summed E-state index contributed by atoms with van der Waals surface area (Å²) in [4.78, 5) is 9.02. The second-order valence-electron chi connectivity index (χ2n) is 6.81. The Kier molecular flexibility index (Phi) is 6.81. The number of rotatable bonds is 6. The Hall–Kier alpha value is -2.56. The van der Waals surface area contributed by atoms with E-state index in [0.29, 0.717) is 19.0 Å². The fraction of sp³-hybridized carbons (Fsp3) is 0.400. The highest BCUT2D eigenvalue weighted by Gasteiger charge is 2.12. The SMILES string of the molecule is CCNC(=NCc1cccnc1OCc1ccccc1)NC(C)(C)C. The summed E-state index contributed by atoms with van der Waals surface area (Å²) in [7, 11) is 0. The highest BCUT2D eigenvalue weighted by molar-refractivity contribution is 5.80. The van der Waals surface area contributed by atoms with Crippen LogP contribution in [0.2, 0.25) is 0 Å². The molecule has 0 radical (unpaired) electrons. The summed E-state index contributed by atoms with van der Waals surface area (Å²) < 4.78 is 5.90. The van der Waals surface area contributed by atoms with Gasteiger partial charge in [0.2, 0.25) is 5.88 Å². The van der Waals surface area contributed by atoms with Gasteiger partial charge in [0, 0.05) is 23.8 Å². The molecule has 0 amide bonds. The average molecular weight is 340 g/mol. The summed E-state index contributed by atoms with van der Waals surface area (Å²) in [6, 6.07) is 14.0. The number of aromatic nitrogens is 1. The third-order valence-corrected chi connectivity index (χ3v) is 3.31. The predicted molar refractivity (Wildman–Crippen MR) is 103 cm³/mol. The molecule has 25 heavy (non-hydrogen) atoms. The molecule has 1 aromatic carbocycles. The van der Waals surface area contributed by atoms with Crippen LogP contribution in [-0.4, -0.2) is 23.0 Å². The summed E-state index contributed by atoms with van der Waals surface area (Å²) >= 11 is 0. The first kappa shape index (κ1) is 18.8. The van der Waals surface area contributed by atoms with Crippen LogP contribution in [0.5, 0.6) is 5.88 Å². The van der Waals surface area contributed by atoms with Crippen LogP contribution in [-0.2, 0) is 13.2 Å². The number of hydrogen-bond acceptors (Lipinski definition) is 3. The molecule has 2 rings (SSSR count). The monoisotopic (exact) mass is 340 g/mol. The zero-order valence-corrected chi connectivity index (χ0v) is 15.5. The van der Waals surface area contributed by atoms with Gasteiger partial charge in [0.05, 0.1) is 6.54 Å². The van der Waals surface area contributed by atoms with Gasteiger partial charge in [-0.2, -0.15) is 0 Å². The molecule has 134 valence electrons. The fourth-order valence-electron chi connectivity index (χ4n) is 2.23. The van der Waals surface area contributed by atoms with E-state index in [0.717, 1.165) is 23.6 Å². The van der Waals surface area contributed by atoms with Crippen molar-refractivity contribution in [3.05, 3.63) is 59.8 Å². The van der Waals surface area contributed by atoms with Crippen molar-refractivity contribution >= 4 is 5.96 Å². The Labute approximate surface area is 150 Å². The zero-order chi connectivity index (χ0) is 18.1. The topological polar surface area (TPSA) is 58.5 Å². The van der Waals surface area contributed by atoms with Crippen LogP contribution in [0.3, 0.4) is 0 Å². The van der Waals surface area contributed by atoms with Crippen LogP contribution < -0.4 is 15.4 Å². The van der Waals surface area contributed by atoms with Gasteiger partial charge in [0.25, 0.3) is 0 Å². The molecule has 1 aromatic heterocycles. The van der Waals surface area contributed by atoms with Gasteiger partial charge in [-0.05, 0) is 39.3 Å². The van der Waals surface area contributed by atoms with E-state index >= 15 is 0 Å². The van der Waals surface area contributed by atoms with Gasteiger partial charge in [0.1, 0.15) is 6.61 Å². The first-order valence-corrected chi connectivity index (χ1v) is 8.65. The van der Waals surface area contributed by atoms with Crippen LogP contribution in [0.1, 0.15) is 38.8 Å². The minimum atomic E-state index is -0.0530. The van der Waals surface area contributed by atoms with Crippen molar-refractivity contribution in [1.82, 2.24) is 15.6 Å². The third-order valence-electron chi connectivity index (χ3n) is 3.31. The third kappa shape index (κ3) is 6.83. The Bertz CT molecular complexity index is 678. The number of ether oxygens (including phenoxy) is 1. The normalized spacial score (nSPS) is 11.9. The quantitative estimate of drug-likeness (QED) is 0.624. The van der Waals surface area contributed by atoms with Gasteiger partial charge in [-0.25, -0.2) is 9.98 Å². The van der Waals surface area contributed by atoms with Gasteiger partial charge in [-0.3, -0.25) is 0 Å². The maximum atomic E-state index is 5.90. The van der Waals surface area contributed by atoms with Crippen LogP contribution in [0, 0.1) is 0 Å². The van der Waals surface area contributed by atoms with Gasteiger partial charge >= 0.3 is 0 Å². The molecule has 5 heteroatoms. The largest absolute Gasteiger partial charge is 0.473 e. The Morgan fingerprint density at radius 1 is 1.12 bits per heavy atom. The minimum absolute atomic E-state index is 0.0530. The van der Waals surface area contributed by atoms with Gasteiger partial charge in [-0.1, -0.05) is 36.4 Å². The molecule has 0 aliphatic carbocycles. The molecule has 0 saturated heterocycles. The molecule has 0 saturated carbocycles. The molecule has 0 aliphatic rings. The fourth-order valence-corrected chi connectivity index (χ4v) is 2.23. The minimum Gasteiger partial charge on any atom is -0.473 e. The number of pyridine rings is 1. The highest BCUT2D eigenvalue weighted by atomic mass is 16.5. The van der Waals surface area contributed by atoms with Gasteiger partial charge < -0.3 is 15.4 Å². The maximum absolute atomic E-state index is 5.90. The lowest BCUT2D eigenvalue weighted by molar-refractivity contribution is 0.290. The lowest BCUT2D eigenvalue weighted by Gasteiger charge is -2.23. The summed E-state index contributed by atoms with van der Waals surface area (Å²) in [5.41, 5.74) is 2.03. The molecular weight excluding hydrogens is 312 g/mol. The number of aliphatic imine (C=N–C) groups is 1. The van der Waals surface area contributed by atoms with E-state index in [1.807, 2.05) is 42.5 Å². The van der Waals surface area contributed by atoms with Crippen molar-refractivity contribution in [2.45, 2.75) is 46.4 Å². The number of guanidine groups is 1. The second kappa shape index (κ2) is 9.06. The van der Waals surface area contributed by atoms with Crippen LogP contribution in [0.15, 0.2) is 53.7 Å². The molecule has 0 fully saturated rings. The zero-order valence-electron chi connectivity index (χ0n) is 15.5. The van der Waals surface area contributed by atoms with Crippen LogP contribution >= 0.6 is 0 Å². The van der Waals surface area contributed by atoms with E-state index in [9.17, 15) is 0 Å². The molecule has 0 spiro atoms. The first-order valence-electron chi connectivity index (χ1n) is 8.65. The van der Waals surface area contributed by atoms with E-state index in [2.05, 4.69) is 48.3 Å². The van der Waals surface area contributed by atoms with Gasteiger partial charge in [0.15, 0.2) is 5.96 Å². The predicted octanol–water partition coefficient (Wildman–Crippen LogP) is 3.51. The van der Waals surface area contributed by atoms with Crippen molar-refractivity contribution in [1.29, 1.82) is 0 Å². The lowest BCUT2D eigenvalue weighted by atomic mass is 10.1. The number of nitrogens with zero attached hydrogens (tertiary/aromatic N) is 2. The number of nitrogens with one attached hydrogen (secondary N) is 2. The molecular formula is C20H28N4O. The molecule has 2 aromatic rings. The summed E-state index contributed by atoms with van der Waals surface area (Å²) in [5, 5.41) is 6.65. The molecule has 0 atom stereocenters. The Morgan fingerprint density at radius 2 is 1.88 bits per heavy atom. The summed E-state index contributed by atoms with van der Waals surface area (Å²) in [6.45, 7) is 10.2. The van der Waals surface area contributed by atoms with E-state index in [4.69, 9.17) is 4.74 Å². The summed E-state index contributed by atoms with van der Waals surface area (Å²) in [6.07, 6.45) is 1.74.